The van der Waals surface area contributed by atoms with E-state index in [-0.39, 0.29) is 0 Å². The van der Waals surface area contributed by atoms with Crippen molar-refractivity contribution >= 4 is 6.08 Å². The molecule has 0 aromatic heterocycles. The molecule has 0 bridgehead atoms. The number of nitrogens with zero attached hydrogens (tertiary/aromatic N) is 1. The fraction of sp³-hybridized carbons (Fsp3) is 0.933. The van der Waals surface area contributed by atoms with Crippen molar-refractivity contribution in [2.75, 3.05) is 6.54 Å². The summed E-state index contributed by atoms with van der Waals surface area (Å²) in [6.07, 6.45) is 18.2. The maximum atomic E-state index is 9.84. The Bertz CT molecular complexity index is 215. The van der Waals surface area contributed by atoms with Crippen molar-refractivity contribution < 1.29 is 4.79 Å². The summed E-state index contributed by atoms with van der Waals surface area (Å²) < 4.78 is 0. The van der Waals surface area contributed by atoms with E-state index in [4.69, 9.17) is 0 Å². The van der Waals surface area contributed by atoms with Gasteiger partial charge in [0.15, 0.2) is 0 Å². The van der Waals surface area contributed by atoms with E-state index in [1.807, 2.05) is 0 Å². The Labute approximate surface area is 106 Å². The van der Waals surface area contributed by atoms with Crippen molar-refractivity contribution in [1.29, 1.82) is 0 Å². The molecule has 98 valence electrons. The first kappa shape index (κ1) is 14.4. The Hall–Kier alpha value is -0.620. The van der Waals surface area contributed by atoms with Gasteiger partial charge in [-0.15, -0.1) is 0 Å². The number of isocyanates is 1. The lowest BCUT2D eigenvalue weighted by Gasteiger charge is -2.21. The summed E-state index contributed by atoms with van der Waals surface area (Å²) >= 11 is 0. The van der Waals surface area contributed by atoms with Crippen molar-refractivity contribution in [2.45, 2.75) is 77.0 Å². The summed E-state index contributed by atoms with van der Waals surface area (Å²) in [6, 6.07) is 0. The minimum Gasteiger partial charge on any atom is -0.211 e. The standard InChI is InChI=1S/C15H27NO/c17-14-16-13-9-4-2-1-3-6-10-15-11-7-5-8-12-15/h15H,1-13H2. The van der Waals surface area contributed by atoms with E-state index in [2.05, 4.69) is 4.99 Å². The maximum absolute atomic E-state index is 9.84. The van der Waals surface area contributed by atoms with Crippen LogP contribution in [0, 0.1) is 5.92 Å². The molecule has 0 spiro atoms. The second-order valence-electron chi connectivity index (χ2n) is 5.39. The molecule has 1 saturated carbocycles. The van der Waals surface area contributed by atoms with Crippen LogP contribution >= 0.6 is 0 Å². The first-order valence-corrected chi connectivity index (χ1v) is 7.47. The minimum atomic E-state index is 0.672. The van der Waals surface area contributed by atoms with Gasteiger partial charge in [0.05, 0.1) is 6.54 Å². The van der Waals surface area contributed by atoms with Crippen LogP contribution in [0.4, 0.5) is 0 Å². The smallest absolute Gasteiger partial charge is 0.211 e. The quantitative estimate of drug-likeness (QED) is 0.326. The van der Waals surface area contributed by atoms with E-state index in [0.29, 0.717) is 6.54 Å². The highest BCUT2D eigenvalue weighted by atomic mass is 16.1. The predicted octanol–water partition coefficient (Wildman–Crippen LogP) is 4.63. The lowest BCUT2D eigenvalue weighted by molar-refractivity contribution is 0.328. The van der Waals surface area contributed by atoms with E-state index in [1.54, 1.807) is 6.08 Å². The second-order valence-corrected chi connectivity index (χ2v) is 5.39. The molecule has 0 heterocycles. The lowest BCUT2D eigenvalue weighted by atomic mass is 9.85. The molecule has 0 N–H and O–H groups in total. The van der Waals surface area contributed by atoms with Crippen LogP contribution in [0.1, 0.15) is 77.0 Å². The van der Waals surface area contributed by atoms with Crippen LogP contribution in [0.5, 0.6) is 0 Å². The SMILES string of the molecule is O=C=NCCCCCCCCC1CCCCC1. The highest BCUT2D eigenvalue weighted by molar-refractivity contribution is 5.32. The van der Waals surface area contributed by atoms with Crippen LogP contribution < -0.4 is 0 Å². The molecule has 2 heteroatoms. The van der Waals surface area contributed by atoms with Gasteiger partial charge >= 0.3 is 0 Å². The van der Waals surface area contributed by atoms with Gasteiger partial charge in [0.1, 0.15) is 0 Å². The van der Waals surface area contributed by atoms with E-state index >= 15 is 0 Å². The Kier molecular flexibility index (Phi) is 8.94. The molecule has 0 aromatic rings. The van der Waals surface area contributed by atoms with Gasteiger partial charge < -0.3 is 0 Å². The topological polar surface area (TPSA) is 29.4 Å². The summed E-state index contributed by atoms with van der Waals surface area (Å²) in [5.41, 5.74) is 0. The van der Waals surface area contributed by atoms with Crippen LogP contribution in [0.2, 0.25) is 0 Å². The highest BCUT2D eigenvalue weighted by Gasteiger charge is 2.12. The van der Waals surface area contributed by atoms with Gasteiger partial charge in [-0.2, -0.15) is 0 Å². The first-order valence-electron chi connectivity index (χ1n) is 7.47. The predicted molar refractivity (Wildman–Crippen MR) is 71.9 cm³/mol. The van der Waals surface area contributed by atoms with Crippen LogP contribution in [-0.4, -0.2) is 12.6 Å². The third-order valence-electron chi connectivity index (χ3n) is 3.92. The van der Waals surface area contributed by atoms with Gasteiger partial charge in [-0.3, -0.25) is 0 Å². The first-order chi connectivity index (χ1) is 8.43. The van der Waals surface area contributed by atoms with E-state index < -0.39 is 0 Å². The van der Waals surface area contributed by atoms with Crippen LogP contribution in [-0.2, 0) is 4.79 Å². The van der Waals surface area contributed by atoms with E-state index in [9.17, 15) is 4.79 Å². The number of carbonyl (C=O) groups excluding carboxylic acids is 1. The summed E-state index contributed by atoms with van der Waals surface area (Å²) in [7, 11) is 0. The van der Waals surface area contributed by atoms with Crippen molar-refractivity contribution in [3.8, 4) is 0 Å². The highest BCUT2D eigenvalue weighted by Crippen LogP contribution is 2.28. The van der Waals surface area contributed by atoms with Gasteiger partial charge in [0.2, 0.25) is 6.08 Å². The van der Waals surface area contributed by atoms with Gasteiger partial charge in [-0.1, -0.05) is 70.6 Å². The third-order valence-corrected chi connectivity index (χ3v) is 3.92. The second kappa shape index (κ2) is 10.5. The van der Waals surface area contributed by atoms with Gasteiger partial charge in [0, 0.05) is 0 Å². The Balaban J connectivity index is 1.79. The Morgan fingerprint density at radius 2 is 1.53 bits per heavy atom. The van der Waals surface area contributed by atoms with Crippen molar-refractivity contribution in [1.82, 2.24) is 0 Å². The van der Waals surface area contributed by atoms with E-state index in [1.165, 1.54) is 70.6 Å². The average Bonchev–Trinajstić information content (AvgIpc) is 2.38. The molecule has 0 aromatic carbocycles. The summed E-state index contributed by atoms with van der Waals surface area (Å²) in [5, 5.41) is 0. The molecule has 1 aliphatic rings. The zero-order valence-electron chi connectivity index (χ0n) is 11.1. The van der Waals surface area contributed by atoms with Crippen LogP contribution in [0.25, 0.3) is 0 Å². The fourth-order valence-corrected chi connectivity index (χ4v) is 2.85. The lowest BCUT2D eigenvalue weighted by Crippen LogP contribution is -2.05. The number of aliphatic imine (C=N–C) groups is 1. The molecule has 0 aliphatic heterocycles. The Morgan fingerprint density at radius 3 is 2.24 bits per heavy atom. The number of rotatable bonds is 9. The molecule has 0 unspecified atom stereocenters. The van der Waals surface area contributed by atoms with Crippen molar-refractivity contribution in [3.05, 3.63) is 0 Å². The zero-order valence-corrected chi connectivity index (χ0v) is 11.1. The zero-order chi connectivity index (χ0) is 12.2. The molecule has 0 amide bonds. The molecule has 17 heavy (non-hydrogen) atoms. The fourth-order valence-electron chi connectivity index (χ4n) is 2.85. The van der Waals surface area contributed by atoms with Crippen molar-refractivity contribution in [3.63, 3.8) is 0 Å². The average molecular weight is 237 g/mol. The third kappa shape index (κ3) is 8.15. The van der Waals surface area contributed by atoms with E-state index in [0.717, 1.165) is 12.3 Å². The molecular formula is C15H27NO. The van der Waals surface area contributed by atoms with Crippen LogP contribution in [0.15, 0.2) is 4.99 Å². The molecule has 0 saturated heterocycles. The monoisotopic (exact) mass is 237 g/mol. The van der Waals surface area contributed by atoms with Gasteiger partial charge in [-0.05, 0) is 12.3 Å². The molecule has 2 nitrogen and oxygen atoms in total. The van der Waals surface area contributed by atoms with Gasteiger partial charge in [-0.25, -0.2) is 9.79 Å². The maximum Gasteiger partial charge on any atom is 0.234 e. The molecule has 1 aliphatic carbocycles. The van der Waals surface area contributed by atoms with Crippen LogP contribution in [0.3, 0.4) is 0 Å². The Morgan fingerprint density at radius 1 is 0.882 bits per heavy atom. The molecule has 1 fully saturated rings. The summed E-state index contributed by atoms with van der Waals surface area (Å²) in [5.74, 6) is 1.05. The normalized spacial score (nSPS) is 16.7. The molecule has 0 radical (unpaired) electrons. The molecule has 1 rings (SSSR count). The summed E-state index contributed by atoms with van der Waals surface area (Å²) in [4.78, 5) is 13.4. The number of hydrogen-bond donors (Lipinski definition) is 0. The minimum absolute atomic E-state index is 0.672. The number of hydrogen-bond acceptors (Lipinski definition) is 2. The number of unbranched alkanes of at least 4 members (excludes halogenated alkanes) is 5. The van der Waals surface area contributed by atoms with Crippen molar-refractivity contribution in [2.24, 2.45) is 10.9 Å². The molecular weight excluding hydrogens is 210 g/mol. The largest absolute Gasteiger partial charge is 0.234 e. The molecule has 0 atom stereocenters. The summed E-state index contributed by atoms with van der Waals surface area (Å²) in [6.45, 7) is 0.672. The van der Waals surface area contributed by atoms with Gasteiger partial charge in [0.25, 0.3) is 0 Å².